The van der Waals surface area contributed by atoms with Crippen LogP contribution in [-0.2, 0) is 0 Å². The molecular formula is C13H14BrNO2. The Bertz CT molecular complexity index is 545. The molecule has 0 saturated heterocycles. The third-order valence-electron chi connectivity index (χ3n) is 2.51. The van der Waals surface area contributed by atoms with Crippen molar-refractivity contribution < 1.29 is 9.21 Å². The van der Waals surface area contributed by atoms with Crippen molar-refractivity contribution >= 4 is 32.8 Å². The van der Waals surface area contributed by atoms with Crippen LogP contribution in [0.25, 0.3) is 11.0 Å². The maximum absolute atomic E-state index is 12.1. The van der Waals surface area contributed by atoms with E-state index in [1.165, 1.54) is 6.26 Å². The largest absolute Gasteiger partial charge is 0.463 e. The Kier molecular flexibility index (Phi) is 3.24. The van der Waals surface area contributed by atoms with Crippen LogP contribution in [-0.4, -0.2) is 16.8 Å². The van der Waals surface area contributed by atoms with Gasteiger partial charge in [0.1, 0.15) is 11.8 Å². The van der Waals surface area contributed by atoms with E-state index in [9.17, 15) is 4.79 Å². The van der Waals surface area contributed by atoms with Crippen molar-refractivity contribution in [1.82, 2.24) is 5.32 Å². The molecule has 3 nitrogen and oxygen atoms in total. The molecule has 1 aromatic heterocycles. The number of nitrogens with one attached hydrogen (secondary N) is 1. The number of carbonyl (C=O) groups excluding carboxylic acids is 1. The summed E-state index contributed by atoms with van der Waals surface area (Å²) in [5.41, 5.74) is 1.03. The lowest BCUT2D eigenvalue weighted by Gasteiger charge is -2.23. The van der Waals surface area contributed by atoms with E-state index in [1.54, 1.807) is 0 Å². The van der Waals surface area contributed by atoms with Gasteiger partial charge >= 0.3 is 0 Å². The molecule has 90 valence electrons. The first-order valence-corrected chi connectivity index (χ1v) is 6.50. The Morgan fingerprint density at radius 1 is 1.41 bits per heavy atom. The number of amides is 1. The van der Waals surface area contributed by atoms with Crippen molar-refractivity contribution in [2.45, 2.75) is 19.4 Å². The summed E-state index contributed by atoms with van der Waals surface area (Å²) in [5.74, 6) is -0.112. The molecule has 2 rings (SSSR count). The average Bonchev–Trinajstić information content (AvgIpc) is 2.72. The van der Waals surface area contributed by atoms with Gasteiger partial charge in [0.05, 0.1) is 5.56 Å². The van der Waals surface area contributed by atoms with E-state index >= 15 is 0 Å². The zero-order chi connectivity index (χ0) is 12.5. The zero-order valence-corrected chi connectivity index (χ0v) is 11.4. The zero-order valence-electron chi connectivity index (χ0n) is 9.79. The van der Waals surface area contributed by atoms with Crippen LogP contribution < -0.4 is 5.32 Å². The molecule has 17 heavy (non-hydrogen) atoms. The van der Waals surface area contributed by atoms with E-state index in [4.69, 9.17) is 4.42 Å². The number of halogens is 1. The molecule has 0 atom stereocenters. The molecule has 0 unspecified atom stereocenters. The van der Waals surface area contributed by atoms with Crippen LogP contribution in [0.3, 0.4) is 0 Å². The summed E-state index contributed by atoms with van der Waals surface area (Å²) in [4.78, 5) is 12.1. The Labute approximate surface area is 108 Å². The van der Waals surface area contributed by atoms with E-state index in [1.807, 2.05) is 38.1 Å². The van der Waals surface area contributed by atoms with Gasteiger partial charge in [-0.05, 0) is 19.9 Å². The van der Waals surface area contributed by atoms with Gasteiger partial charge in [-0.15, -0.1) is 0 Å². The van der Waals surface area contributed by atoms with Gasteiger partial charge in [-0.1, -0.05) is 34.1 Å². The third kappa shape index (κ3) is 2.52. The maximum Gasteiger partial charge on any atom is 0.255 e. The molecule has 0 fully saturated rings. The maximum atomic E-state index is 12.1. The van der Waals surface area contributed by atoms with Gasteiger partial charge < -0.3 is 9.73 Å². The monoisotopic (exact) mass is 295 g/mol. The van der Waals surface area contributed by atoms with E-state index in [-0.39, 0.29) is 11.4 Å². The highest BCUT2D eigenvalue weighted by molar-refractivity contribution is 9.09. The number of rotatable bonds is 3. The van der Waals surface area contributed by atoms with E-state index < -0.39 is 0 Å². The Balaban J connectivity index is 2.31. The van der Waals surface area contributed by atoms with Gasteiger partial charge in [-0.3, -0.25) is 4.79 Å². The lowest BCUT2D eigenvalue weighted by Crippen LogP contribution is -2.44. The van der Waals surface area contributed by atoms with Crippen LogP contribution >= 0.6 is 15.9 Å². The van der Waals surface area contributed by atoms with Crippen molar-refractivity contribution in [3.8, 4) is 0 Å². The first-order valence-electron chi connectivity index (χ1n) is 5.38. The fourth-order valence-electron chi connectivity index (χ4n) is 1.56. The fraction of sp³-hybridized carbons (Fsp3) is 0.308. The molecule has 0 radical (unpaired) electrons. The van der Waals surface area contributed by atoms with Gasteiger partial charge in [0.25, 0.3) is 5.91 Å². The Hall–Kier alpha value is -1.29. The number of fused-ring (bicyclic) bond motifs is 1. The summed E-state index contributed by atoms with van der Waals surface area (Å²) >= 11 is 3.37. The van der Waals surface area contributed by atoms with Crippen LogP contribution in [0, 0.1) is 0 Å². The summed E-state index contributed by atoms with van der Waals surface area (Å²) < 4.78 is 5.35. The second-order valence-corrected chi connectivity index (χ2v) is 5.18. The van der Waals surface area contributed by atoms with Gasteiger partial charge in [0.15, 0.2) is 0 Å². The molecular weight excluding hydrogens is 282 g/mol. The van der Waals surface area contributed by atoms with Gasteiger partial charge in [0.2, 0.25) is 0 Å². The number of benzene rings is 1. The topological polar surface area (TPSA) is 42.2 Å². The smallest absolute Gasteiger partial charge is 0.255 e. The van der Waals surface area contributed by atoms with Crippen LogP contribution in [0.2, 0.25) is 0 Å². The molecule has 1 aromatic carbocycles. The Morgan fingerprint density at radius 3 is 2.82 bits per heavy atom. The number of alkyl halides is 1. The van der Waals surface area contributed by atoms with Crippen LogP contribution in [0.5, 0.6) is 0 Å². The second kappa shape index (κ2) is 4.53. The molecule has 1 heterocycles. The molecule has 0 spiro atoms. The van der Waals surface area contributed by atoms with Crippen LogP contribution in [0.4, 0.5) is 0 Å². The summed E-state index contributed by atoms with van der Waals surface area (Å²) in [6, 6.07) is 7.51. The highest BCUT2D eigenvalue weighted by Crippen LogP contribution is 2.21. The van der Waals surface area contributed by atoms with Gasteiger partial charge in [-0.2, -0.15) is 0 Å². The van der Waals surface area contributed by atoms with Crippen molar-refractivity contribution in [3.63, 3.8) is 0 Å². The number of para-hydroxylation sites is 1. The number of hydrogen-bond donors (Lipinski definition) is 1. The van der Waals surface area contributed by atoms with E-state index in [0.29, 0.717) is 10.9 Å². The predicted octanol–water partition coefficient (Wildman–Crippen LogP) is 3.34. The number of hydrogen-bond acceptors (Lipinski definition) is 2. The molecule has 0 aliphatic rings. The van der Waals surface area contributed by atoms with Crippen molar-refractivity contribution in [2.75, 3.05) is 5.33 Å². The first-order chi connectivity index (χ1) is 8.03. The van der Waals surface area contributed by atoms with Crippen molar-refractivity contribution in [3.05, 3.63) is 36.1 Å². The third-order valence-corrected chi connectivity index (χ3v) is 3.91. The molecule has 0 bridgehead atoms. The minimum absolute atomic E-state index is 0.112. The lowest BCUT2D eigenvalue weighted by molar-refractivity contribution is 0.0922. The van der Waals surface area contributed by atoms with Crippen molar-refractivity contribution in [1.29, 1.82) is 0 Å². The highest BCUT2D eigenvalue weighted by Gasteiger charge is 2.21. The summed E-state index contributed by atoms with van der Waals surface area (Å²) in [6.45, 7) is 3.92. The number of furan rings is 1. The Morgan fingerprint density at radius 2 is 2.12 bits per heavy atom. The van der Waals surface area contributed by atoms with Crippen molar-refractivity contribution in [2.24, 2.45) is 0 Å². The van der Waals surface area contributed by atoms with Crippen LogP contribution in [0.1, 0.15) is 24.2 Å². The average molecular weight is 296 g/mol. The van der Waals surface area contributed by atoms with E-state index in [2.05, 4.69) is 21.2 Å². The molecule has 1 N–H and O–H groups in total. The lowest BCUT2D eigenvalue weighted by atomic mass is 10.1. The molecule has 0 saturated carbocycles. The first kappa shape index (κ1) is 12.2. The minimum Gasteiger partial charge on any atom is -0.463 e. The molecule has 0 aliphatic heterocycles. The molecule has 2 aromatic rings. The number of carbonyl (C=O) groups is 1. The summed E-state index contributed by atoms with van der Waals surface area (Å²) in [7, 11) is 0. The van der Waals surface area contributed by atoms with Gasteiger partial charge in [-0.25, -0.2) is 0 Å². The summed E-state index contributed by atoms with van der Waals surface area (Å²) in [6.07, 6.45) is 1.50. The fourth-order valence-corrected chi connectivity index (χ4v) is 1.70. The van der Waals surface area contributed by atoms with Crippen LogP contribution in [0.15, 0.2) is 34.9 Å². The normalized spacial score (nSPS) is 11.7. The standard InChI is InChI=1S/C13H14BrNO2/c1-13(2,8-14)15-12(16)10-7-17-11-6-4-3-5-9(10)11/h3-7H,8H2,1-2H3,(H,15,16). The van der Waals surface area contributed by atoms with Gasteiger partial charge in [0, 0.05) is 16.3 Å². The highest BCUT2D eigenvalue weighted by atomic mass is 79.9. The second-order valence-electron chi connectivity index (χ2n) is 4.62. The molecule has 0 aliphatic carbocycles. The van der Waals surface area contributed by atoms with E-state index in [0.717, 1.165) is 11.0 Å². The quantitative estimate of drug-likeness (QED) is 0.883. The SMILES string of the molecule is CC(C)(CBr)NC(=O)c1coc2ccccc12. The molecule has 1 amide bonds. The minimum atomic E-state index is -0.282. The predicted molar refractivity (Wildman–Crippen MR) is 71.6 cm³/mol. The molecule has 4 heteroatoms. The summed E-state index contributed by atoms with van der Waals surface area (Å²) in [5, 5.41) is 4.49.